The van der Waals surface area contributed by atoms with E-state index in [9.17, 15) is 0 Å². The second-order valence-electron chi connectivity index (χ2n) is 7.55. The molecule has 2 aliphatic heterocycles. The van der Waals surface area contributed by atoms with E-state index in [0.717, 1.165) is 62.4 Å². The largest absolute Gasteiger partial charge is 0.365 e. The molecule has 3 aromatic rings. The molecule has 1 aromatic carbocycles. The van der Waals surface area contributed by atoms with Crippen molar-refractivity contribution in [2.24, 2.45) is 0 Å². The summed E-state index contributed by atoms with van der Waals surface area (Å²) in [6.45, 7) is 6.45. The van der Waals surface area contributed by atoms with Crippen molar-refractivity contribution < 1.29 is 0 Å². The van der Waals surface area contributed by atoms with Crippen LogP contribution in [0.15, 0.2) is 36.5 Å². The van der Waals surface area contributed by atoms with Crippen molar-refractivity contribution in [3.63, 3.8) is 0 Å². The first-order chi connectivity index (χ1) is 14.4. The van der Waals surface area contributed by atoms with E-state index in [-0.39, 0.29) is 0 Å². The van der Waals surface area contributed by atoms with Gasteiger partial charge in [-0.3, -0.25) is 0 Å². The first kappa shape index (κ1) is 18.1. The van der Waals surface area contributed by atoms with Gasteiger partial charge in [0.25, 0.3) is 0 Å². The van der Waals surface area contributed by atoms with Crippen molar-refractivity contribution in [3.8, 4) is 0 Å². The molecule has 2 saturated heterocycles. The zero-order valence-corrected chi connectivity index (χ0v) is 16.5. The highest BCUT2D eigenvalue weighted by Gasteiger charge is 2.22. The standard InChI is InChI=1S/C21H26N8/c1-2-6-16(7-3-1)14-23-17-15-24-18-19(25-17)26-21(29-12-8-22-9-13-29)27-20(18)28-10-4-5-11-28/h1-3,6-7,15,22H,4-5,8-14H2,(H,23,25,26,27). The second-order valence-corrected chi connectivity index (χ2v) is 7.55. The highest BCUT2D eigenvalue weighted by Crippen LogP contribution is 2.27. The fourth-order valence-corrected chi connectivity index (χ4v) is 3.91. The van der Waals surface area contributed by atoms with Gasteiger partial charge in [0, 0.05) is 45.8 Å². The van der Waals surface area contributed by atoms with Crippen LogP contribution in [0.2, 0.25) is 0 Å². The average Bonchev–Trinajstić information content (AvgIpc) is 3.33. The number of rotatable bonds is 5. The summed E-state index contributed by atoms with van der Waals surface area (Å²) in [4.78, 5) is 23.8. The summed E-state index contributed by atoms with van der Waals surface area (Å²) in [7, 11) is 0. The number of hydrogen-bond donors (Lipinski definition) is 2. The van der Waals surface area contributed by atoms with Gasteiger partial charge in [-0.15, -0.1) is 0 Å². The van der Waals surface area contributed by atoms with Crippen molar-refractivity contribution in [2.45, 2.75) is 19.4 Å². The highest BCUT2D eigenvalue weighted by atomic mass is 15.3. The molecular formula is C21H26N8. The lowest BCUT2D eigenvalue weighted by Crippen LogP contribution is -2.44. The van der Waals surface area contributed by atoms with Gasteiger partial charge in [0.1, 0.15) is 5.82 Å². The smallest absolute Gasteiger partial charge is 0.229 e. The molecule has 0 aliphatic carbocycles. The Balaban J connectivity index is 1.48. The summed E-state index contributed by atoms with van der Waals surface area (Å²) in [5.74, 6) is 2.41. The zero-order valence-electron chi connectivity index (χ0n) is 16.5. The highest BCUT2D eigenvalue weighted by molar-refractivity contribution is 5.85. The quantitative estimate of drug-likeness (QED) is 0.685. The van der Waals surface area contributed by atoms with Gasteiger partial charge in [-0.25, -0.2) is 9.97 Å². The van der Waals surface area contributed by atoms with Crippen molar-refractivity contribution in [2.75, 3.05) is 54.4 Å². The number of benzene rings is 1. The predicted octanol–water partition coefficient (Wildman–Crippen LogP) is 2.04. The lowest BCUT2D eigenvalue weighted by Gasteiger charge is -2.28. The van der Waals surface area contributed by atoms with Crippen LogP contribution in [-0.2, 0) is 6.54 Å². The summed E-state index contributed by atoms with van der Waals surface area (Å²) in [6, 6.07) is 10.3. The summed E-state index contributed by atoms with van der Waals surface area (Å²) in [5, 5.41) is 6.76. The number of piperazine rings is 1. The predicted molar refractivity (Wildman–Crippen MR) is 115 cm³/mol. The second kappa shape index (κ2) is 8.16. The fraction of sp³-hybridized carbons (Fsp3) is 0.429. The van der Waals surface area contributed by atoms with Crippen molar-refractivity contribution in [3.05, 3.63) is 42.1 Å². The van der Waals surface area contributed by atoms with Crippen molar-refractivity contribution in [1.82, 2.24) is 25.3 Å². The molecule has 8 heteroatoms. The molecule has 8 nitrogen and oxygen atoms in total. The summed E-state index contributed by atoms with van der Waals surface area (Å²) in [5.41, 5.74) is 2.65. The Hall–Kier alpha value is -3.00. The van der Waals surface area contributed by atoms with Crippen LogP contribution in [0.1, 0.15) is 18.4 Å². The Labute approximate surface area is 170 Å². The molecule has 0 amide bonds. The van der Waals surface area contributed by atoms with Crippen LogP contribution in [0.25, 0.3) is 11.2 Å². The average molecular weight is 390 g/mol. The summed E-state index contributed by atoms with van der Waals surface area (Å²) < 4.78 is 0. The van der Waals surface area contributed by atoms with Crippen LogP contribution in [0, 0.1) is 0 Å². The maximum absolute atomic E-state index is 4.92. The number of aromatic nitrogens is 4. The maximum Gasteiger partial charge on any atom is 0.229 e. The maximum atomic E-state index is 4.92. The monoisotopic (exact) mass is 390 g/mol. The van der Waals surface area contributed by atoms with Crippen LogP contribution < -0.4 is 20.4 Å². The van der Waals surface area contributed by atoms with E-state index >= 15 is 0 Å². The Morgan fingerprint density at radius 1 is 0.897 bits per heavy atom. The first-order valence-electron chi connectivity index (χ1n) is 10.4. The fourth-order valence-electron chi connectivity index (χ4n) is 3.91. The third-order valence-electron chi connectivity index (χ3n) is 5.50. The van der Waals surface area contributed by atoms with E-state index in [1.807, 2.05) is 18.2 Å². The third kappa shape index (κ3) is 3.93. The van der Waals surface area contributed by atoms with E-state index in [1.54, 1.807) is 6.20 Å². The molecule has 29 heavy (non-hydrogen) atoms. The molecule has 0 bridgehead atoms. The number of anilines is 3. The molecule has 0 spiro atoms. The molecule has 4 heterocycles. The van der Waals surface area contributed by atoms with E-state index in [2.05, 4.69) is 32.6 Å². The van der Waals surface area contributed by atoms with E-state index in [1.165, 1.54) is 18.4 Å². The molecule has 5 rings (SSSR count). The van der Waals surface area contributed by atoms with Gasteiger partial charge < -0.3 is 20.4 Å². The number of nitrogens with zero attached hydrogens (tertiary/aromatic N) is 6. The van der Waals surface area contributed by atoms with Crippen LogP contribution in [0.4, 0.5) is 17.6 Å². The summed E-state index contributed by atoms with van der Waals surface area (Å²) in [6.07, 6.45) is 4.18. The van der Waals surface area contributed by atoms with Crippen molar-refractivity contribution in [1.29, 1.82) is 0 Å². The van der Waals surface area contributed by atoms with Gasteiger partial charge in [-0.05, 0) is 18.4 Å². The van der Waals surface area contributed by atoms with Gasteiger partial charge in [0.05, 0.1) is 6.20 Å². The van der Waals surface area contributed by atoms with Crippen molar-refractivity contribution >= 4 is 28.7 Å². The molecule has 0 atom stereocenters. The Morgan fingerprint density at radius 3 is 2.48 bits per heavy atom. The number of fused-ring (bicyclic) bond motifs is 1. The lowest BCUT2D eigenvalue weighted by molar-refractivity contribution is 0.580. The van der Waals surface area contributed by atoms with E-state index in [0.29, 0.717) is 12.2 Å². The molecule has 0 unspecified atom stereocenters. The SMILES string of the molecule is c1ccc(CNc2cnc3c(N4CCCC4)nc(N4CCNCC4)nc3n2)cc1. The molecular weight excluding hydrogens is 364 g/mol. The topological polar surface area (TPSA) is 82.1 Å². The van der Waals surface area contributed by atoms with Gasteiger partial charge in [0.2, 0.25) is 5.95 Å². The third-order valence-corrected chi connectivity index (χ3v) is 5.50. The van der Waals surface area contributed by atoms with Crippen LogP contribution in [0.5, 0.6) is 0 Å². The van der Waals surface area contributed by atoms with E-state index < -0.39 is 0 Å². The van der Waals surface area contributed by atoms with Crippen LogP contribution in [-0.4, -0.2) is 59.2 Å². The van der Waals surface area contributed by atoms with Crippen LogP contribution >= 0.6 is 0 Å². The lowest BCUT2D eigenvalue weighted by atomic mass is 10.2. The minimum atomic E-state index is 0.661. The van der Waals surface area contributed by atoms with Gasteiger partial charge in [-0.1, -0.05) is 30.3 Å². The Morgan fingerprint density at radius 2 is 1.69 bits per heavy atom. The molecule has 0 saturated carbocycles. The van der Waals surface area contributed by atoms with Gasteiger partial charge in [0.15, 0.2) is 17.0 Å². The molecule has 2 N–H and O–H groups in total. The van der Waals surface area contributed by atoms with E-state index in [4.69, 9.17) is 19.9 Å². The molecule has 0 radical (unpaired) electrons. The zero-order chi connectivity index (χ0) is 19.5. The first-order valence-corrected chi connectivity index (χ1v) is 10.4. The minimum absolute atomic E-state index is 0.661. The number of hydrogen-bond acceptors (Lipinski definition) is 8. The molecule has 2 aliphatic rings. The van der Waals surface area contributed by atoms with Crippen LogP contribution in [0.3, 0.4) is 0 Å². The molecule has 2 aromatic heterocycles. The Bertz CT molecular complexity index is 965. The molecule has 150 valence electrons. The minimum Gasteiger partial charge on any atom is -0.365 e. The Kier molecular flexibility index (Phi) is 5.08. The normalized spacial score (nSPS) is 17.1. The van der Waals surface area contributed by atoms with Gasteiger partial charge in [-0.2, -0.15) is 9.97 Å². The number of nitrogens with one attached hydrogen (secondary N) is 2. The molecule has 2 fully saturated rings. The van der Waals surface area contributed by atoms with Gasteiger partial charge >= 0.3 is 0 Å². The summed E-state index contributed by atoms with van der Waals surface area (Å²) >= 11 is 0.